The summed E-state index contributed by atoms with van der Waals surface area (Å²) in [4.78, 5) is 0. The minimum atomic E-state index is -6.50. The Bertz CT molecular complexity index is 249. The molecule has 0 aliphatic rings. The molecule has 3 nitrogen and oxygen atoms in total. The molecule has 2 N–H and O–H groups in total. The molecular formula is C5H4F10O3Rf. The summed E-state index contributed by atoms with van der Waals surface area (Å²) in [6, 6.07) is 0. The van der Waals surface area contributed by atoms with Crippen molar-refractivity contribution in [3.05, 3.63) is 0 Å². The van der Waals surface area contributed by atoms with Gasteiger partial charge in [-0.05, 0) is 0 Å². The molecule has 0 heterocycles. The standard InChI is InChI=1S/C5H3F9O2.FHO.Rf/c6-2(7,8)1-16-5(13,14)3(9,15)4(10,11)12;1-2;/h15H,1H2;2H;. The molecule has 1 atom stereocenters. The van der Waals surface area contributed by atoms with E-state index in [-0.39, 0.29) is 0 Å². The summed E-state index contributed by atoms with van der Waals surface area (Å²) in [6.07, 6.45) is -18.0. The summed E-state index contributed by atoms with van der Waals surface area (Å²) < 4.78 is 116. The van der Waals surface area contributed by atoms with Gasteiger partial charge in [-0.3, -0.25) is 0 Å². The third kappa shape index (κ3) is 6.05. The fourth-order valence-electron chi connectivity index (χ4n) is 0.433. The quantitative estimate of drug-likeness (QED) is 0.514. The van der Waals surface area contributed by atoms with Crippen LogP contribution in [0, 0.1) is 0 Å². The molecule has 0 aliphatic heterocycles. The van der Waals surface area contributed by atoms with Gasteiger partial charge in [0.1, 0.15) is 6.61 Å². The monoisotopic (exact) mass is 569 g/mol. The van der Waals surface area contributed by atoms with E-state index >= 15 is 0 Å². The second-order valence-electron chi connectivity index (χ2n) is 2.54. The first-order valence-corrected chi connectivity index (χ1v) is 3.44. The number of rotatable bonds is 3. The van der Waals surface area contributed by atoms with E-state index in [0.29, 0.717) is 0 Å². The van der Waals surface area contributed by atoms with Crippen molar-refractivity contribution in [1.82, 2.24) is 0 Å². The molecule has 0 radical (unpaired) electrons. The molecule has 14 heteroatoms. The fourth-order valence-corrected chi connectivity index (χ4v) is 0.433. The van der Waals surface area contributed by atoms with Gasteiger partial charge in [-0.25, -0.2) is 5.31 Å². The van der Waals surface area contributed by atoms with Crippen LogP contribution >= 0.6 is 0 Å². The molecule has 1 unspecified atom stereocenters. The zero-order valence-corrected chi connectivity index (χ0v) is 14.9. The van der Waals surface area contributed by atoms with Gasteiger partial charge in [0.15, 0.2) is 0 Å². The van der Waals surface area contributed by atoms with Crippen molar-refractivity contribution in [3.63, 3.8) is 0 Å². The normalized spacial score (nSPS) is 15.8. The third-order valence-electron chi connectivity index (χ3n) is 1.18. The Labute approximate surface area is 91.5 Å². The molecule has 0 aromatic rings. The molecular weight excluding hydrogens is 565 g/mol. The van der Waals surface area contributed by atoms with E-state index in [1.807, 2.05) is 0 Å². The topological polar surface area (TPSA) is 49.7 Å². The molecule has 0 bridgehead atoms. The number of hydrogen-bond donors (Lipinski definition) is 2. The van der Waals surface area contributed by atoms with Crippen molar-refractivity contribution in [2.75, 3.05) is 6.61 Å². The molecule has 0 aliphatic carbocycles. The van der Waals surface area contributed by atoms with Gasteiger partial charge in [0.2, 0.25) is 0 Å². The van der Waals surface area contributed by atoms with E-state index < -0.39 is 30.9 Å². The minimum absolute atomic E-state index is 0. The molecule has 19 heavy (non-hydrogen) atoms. The summed E-state index contributed by atoms with van der Waals surface area (Å²) in [6.45, 7) is -2.84. The predicted molar refractivity (Wildman–Crippen MR) is 32.4 cm³/mol. The van der Waals surface area contributed by atoms with E-state index in [2.05, 4.69) is 4.74 Å². The van der Waals surface area contributed by atoms with Crippen molar-refractivity contribution in [1.29, 1.82) is 0 Å². The number of hydrogen-bond acceptors (Lipinski definition) is 3. The van der Waals surface area contributed by atoms with Crippen LogP contribution in [0.4, 0.5) is 44.0 Å². The van der Waals surface area contributed by atoms with E-state index in [0.717, 1.165) is 0 Å². The van der Waals surface area contributed by atoms with Crippen LogP contribution in [0.25, 0.3) is 0 Å². The van der Waals surface area contributed by atoms with Crippen molar-refractivity contribution in [2.24, 2.45) is 0 Å². The largest absolute Gasteiger partial charge is 0.457 e. The van der Waals surface area contributed by atoms with Crippen LogP contribution in [0.5, 0.6) is 0 Å². The third-order valence-corrected chi connectivity index (χ3v) is 1.18. The Morgan fingerprint density at radius 2 is 1.11 bits per heavy atom. The van der Waals surface area contributed by atoms with Gasteiger partial charge >= 0.3 is 24.3 Å². The first-order chi connectivity index (χ1) is 7.71. The molecule has 0 fully saturated rings. The van der Waals surface area contributed by atoms with Crippen molar-refractivity contribution >= 4 is 0 Å². The number of ether oxygens (including phenoxy) is 1. The van der Waals surface area contributed by atoms with Gasteiger partial charge in [-0.1, -0.05) is 4.53 Å². The van der Waals surface area contributed by atoms with Crippen LogP contribution in [0.3, 0.4) is 0 Å². The Hall–Kier alpha value is -1.82. The van der Waals surface area contributed by atoms with Gasteiger partial charge in [-0.2, -0.15) is 39.5 Å². The van der Waals surface area contributed by atoms with E-state index in [1.54, 1.807) is 0 Å². The molecule has 114 valence electrons. The summed E-state index contributed by atoms with van der Waals surface area (Å²) in [5.74, 6) is -6.20. The van der Waals surface area contributed by atoms with Crippen LogP contribution < -0.4 is 0 Å². The molecule has 0 saturated heterocycles. The van der Waals surface area contributed by atoms with Crippen LogP contribution in [-0.2, 0) is 4.74 Å². The van der Waals surface area contributed by atoms with E-state index in [9.17, 15) is 39.5 Å². The Balaban J connectivity index is -0.000000809. The van der Waals surface area contributed by atoms with Gasteiger partial charge < -0.3 is 9.84 Å². The maximum absolute atomic E-state index is 12.2. The zero-order chi connectivity index (χ0) is 15.4. The molecule has 0 aromatic heterocycles. The van der Waals surface area contributed by atoms with Crippen molar-refractivity contribution in [2.45, 2.75) is 24.3 Å². The van der Waals surface area contributed by atoms with Gasteiger partial charge in [0.05, 0.1) is 0 Å². The van der Waals surface area contributed by atoms with Crippen LogP contribution in [0.15, 0.2) is 0 Å². The van der Waals surface area contributed by atoms with Crippen LogP contribution in [0.2, 0.25) is 0 Å². The van der Waals surface area contributed by atoms with Gasteiger partial charge in [0.25, 0.3) is 0 Å². The fraction of sp³-hybridized carbons (Fsp3) is 1.00. The average Bonchev–Trinajstić information content (AvgIpc) is 2.15. The average molecular weight is 569 g/mol. The zero-order valence-electron chi connectivity index (χ0n) is 8.50. The summed E-state index contributed by atoms with van der Waals surface area (Å²) in [7, 11) is 0. The van der Waals surface area contributed by atoms with Crippen molar-refractivity contribution in [3.8, 4) is 0 Å². The SMILES string of the molecule is OC(F)(C(F)(F)F)C(F)(F)OCC(F)(F)F.OF.[Rf]. The summed E-state index contributed by atoms with van der Waals surface area (Å²) in [5, 5.41) is 13.2. The van der Waals surface area contributed by atoms with Crippen LogP contribution in [-0.4, -0.2) is 41.3 Å². The van der Waals surface area contributed by atoms with E-state index in [4.69, 9.17) is 14.9 Å². The first kappa shape index (κ1) is 22.4. The molecule has 0 rings (SSSR count). The second kappa shape index (κ2) is 6.38. The number of alkyl halides is 9. The molecule has 0 amide bonds. The van der Waals surface area contributed by atoms with Gasteiger partial charge in [0, 0.05) is 0 Å². The summed E-state index contributed by atoms with van der Waals surface area (Å²) >= 11 is 0. The Morgan fingerprint density at radius 3 is 1.32 bits per heavy atom. The predicted octanol–water partition coefficient (Wildman–Crippen LogP) is 2.24. The molecule has 0 spiro atoms. The number of aliphatic hydroxyl groups is 1. The second-order valence-corrected chi connectivity index (χ2v) is 2.54. The van der Waals surface area contributed by atoms with Crippen molar-refractivity contribution < 1.29 is 59.2 Å². The molecule has 0 saturated carbocycles. The first-order valence-electron chi connectivity index (χ1n) is 3.44. The smallest absolute Gasteiger partial charge is 0.348 e. The maximum atomic E-state index is 12.2. The van der Waals surface area contributed by atoms with Crippen LogP contribution in [0.1, 0.15) is 0 Å². The Kier molecular flexibility index (Phi) is 7.51. The van der Waals surface area contributed by atoms with E-state index in [1.165, 1.54) is 0 Å². The van der Waals surface area contributed by atoms with Gasteiger partial charge in [-0.15, -0.1) is 0 Å². The summed E-state index contributed by atoms with van der Waals surface area (Å²) in [5.41, 5.74) is 0. The minimum Gasteiger partial charge on any atom is -0.348 e. The number of halogens is 10. The molecule has 0 aromatic carbocycles. The maximum Gasteiger partial charge on any atom is 0.457 e. The Morgan fingerprint density at radius 1 is 0.789 bits per heavy atom.